The Labute approximate surface area is 201 Å². The zero-order valence-electron chi connectivity index (χ0n) is 21.6. The highest BCUT2D eigenvalue weighted by Crippen LogP contribution is 2.40. The van der Waals surface area contributed by atoms with Crippen LogP contribution in [0.3, 0.4) is 0 Å². The molecule has 0 N–H and O–H groups in total. The number of hydrogen-bond donors (Lipinski definition) is 1. The summed E-state index contributed by atoms with van der Waals surface area (Å²) in [5.74, 6) is 1.09. The summed E-state index contributed by atoms with van der Waals surface area (Å²) in [6, 6.07) is 8.67. The topological polar surface area (TPSA) is 48.5 Å². The summed E-state index contributed by atoms with van der Waals surface area (Å²) in [4.78, 5) is 14.4. The minimum Gasteiger partial charge on any atom is -0.325 e. The summed E-state index contributed by atoms with van der Waals surface area (Å²) >= 11 is 0. The fourth-order valence-electron chi connectivity index (χ4n) is 4.54. The molecule has 0 aliphatic rings. The Kier molecular flexibility index (Phi) is 5.88. The Morgan fingerprint density at radius 2 is 1.42 bits per heavy atom. The Hall–Kier alpha value is -2.34. The number of thiol groups is 1. The zero-order valence-corrected chi connectivity index (χ0v) is 22.5. The number of aromatic nitrogens is 5. The molecule has 6 heteroatoms. The van der Waals surface area contributed by atoms with Crippen molar-refractivity contribution in [2.45, 2.75) is 83.3 Å². The van der Waals surface area contributed by atoms with Gasteiger partial charge in [-0.25, -0.2) is 25.8 Å². The Morgan fingerprint density at radius 1 is 0.788 bits per heavy atom. The summed E-state index contributed by atoms with van der Waals surface area (Å²) in [5.41, 5.74) is 5.91. The van der Waals surface area contributed by atoms with Gasteiger partial charge in [-0.1, -0.05) is 32.9 Å². The van der Waals surface area contributed by atoms with Crippen LogP contribution in [-0.4, -0.2) is 36.1 Å². The number of imidazole rings is 2. The van der Waals surface area contributed by atoms with Gasteiger partial charge < -0.3 is 9.13 Å². The highest BCUT2D eigenvalue weighted by atomic mass is 32.2. The van der Waals surface area contributed by atoms with Gasteiger partial charge in [0.25, 0.3) is 0 Å². The van der Waals surface area contributed by atoms with E-state index >= 15 is 0 Å². The first-order valence-corrected chi connectivity index (χ1v) is 13.8. The van der Waals surface area contributed by atoms with Crippen LogP contribution in [0.5, 0.6) is 0 Å². The molecule has 0 spiro atoms. The lowest BCUT2D eigenvalue weighted by atomic mass is 9.86. The fraction of sp³-hybridized carbons (Fsp3) is 0.519. The van der Waals surface area contributed by atoms with Crippen LogP contribution in [0.25, 0.3) is 22.1 Å². The number of fused-ring (bicyclic) bond motifs is 2. The van der Waals surface area contributed by atoms with Crippen molar-refractivity contribution in [2.75, 3.05) is 12.0 Å². The van der Waals surface area contributed by atoms with Gasteiger partial charge in [0.2, 0.25) is 0 Å². The van der Waals surface area contributed by atoms with Gasteiger partial charge >= 0.3 is 0 Å². The summed E-state index contributed by atoms with van der Waals surface area (Å²) in [6.45, 7) is 18.1. The van der Waals surface area contributed by atoms with E-state index < -0.39 is 10.9 Å². The fourth-order valence-corrected chi connectivity index (χ4v) is 6.43. The van der Waals surface area contributed by atoms with Gasteiger partial charge in [0.15, 0.2) is 0 Å². The molecule has 1 aromatic carbocycles. The van der Waals surface area contributed by atoms with Crippen molar-refractivity contribution in [2.24, 2.45) is 0 Å². The molecule has 4 aromatic rings. The van der Waals surface area contributed by atoms with Crippen molar-refractivity contribution in [1.82, 2.24) is 24.1 Å². The minimum absolute atomic E-state index is 0.000247. The van der Waals surface area contributed by atoms with Gasteiger partial charge in [0, 0.05) is 17.3 Å². The zero-order chi connectivity index (χ0) is 24.2. The normalized spacial score (nSPS) is 14.9. The average Bonchev–Trinajstić information content (AvgIpc) is 3.35. The third-order valence-corrected chi connectivity index (χ3v) is 8.57. The molecule has 5 nitrogen and oxygen atoms in total. The SMILES string of the molecule is C[SH](CCC(C)(C)n1cnc2c(C(C)(C)C)cccc21)c1nccc2c1ncn2C(C)(C)C. The van der Waals surface area contributed by atoms with Crippen LogP contribution in [0.2, 0.25) is 0 Å². The van der Waals surface area contributed by atoms with E-state index in [4.69, 9.17) is 15.0 Å². The molecule has 4 rings (SSSR count). The predicted molar refractivity (Wildman–Crippen MR) is 143 cm³/mol. The molecule has 0 saturated heterocycles. The smallest absolute Gasteiger partial charge is 0.119 e. The first kappa shape index (κ1) is 23.8. The molecule has 0 fully saturated rings. The second-order valence-corrected chi connectivity index (χ2v) is 14.1. The number of pyridine rings is 1. The number of rotatable bonds is 5. The third-order valence-electron chi connectivity index (χ3n) is 6.63. The molecular weight excluding hydrogens is 426 g/mol. The van der Waals surface area contributed by atoms with Crippen molar-refractivity contribution < 1.29 is 0 Å². The molecule has 0 amide bonds. The highest BCUT2D eigenvalue weighted by molar-refractivity contribution is 8.16. The van der Waals surface area contributed by atoms with Crippen molar-refractivity contribution in [3.8, 4) is 0 Å². The molecule has 33 heavy (non-hydrogen) atoms. The molecule has 3 aromatic heterocycles. The largest absolute Gasteiger partial charge is 0.325 e. The first-order valence-electron chi connectivity index (χ1n) is 11.8. The maximum atomic E-state index is 4.85. The summed E-state index contributed by atoms with van der Waals surface area (Å²) in [6.07, 6.45) is 9.34. The van der Waals surface area contributed by atoms with E-state index in [1.54, 1.807) is 0 Å². The van der Waals surface area contributed by atoms with Crippen LogP contribution >= 0.6 is 10.9 Å². The molecular formula is C27H39N5S. The predicted octanol–water partition coefficient (Wildman–Crippen LogP) is 6.65. The van der Waals surface area contributed by atoms with Crippen LogP contribution in [0.15, 0.2) is 48.1 Å². The van der Waals surface area contributed by atoms with E-state index in [9.17, 15) is 0 Å². The van der Waals surface area contributed by atoms with Crippen LogP contribution < -0.4 is 0 Å². The van der Waals surface area contributed by atoms with Gasteiger partial charge in [-0.3, -0.25) is 0 Å². The maximum absolute atomic E-state index is 4.85. The van der Waals surface area contributed by atoms with Crippen LogP contribution in [0.1, 0.15) is 67.4 Å². The summed E-state index contributed by atoms with van der Waals surface area (Å²) in [7, 11) is -0.427. The quantitative estimate of drug-likeness (QED) is 0.336. The molecule has 0 bridgehead atoms. The molecule has 3 heterocycles. The van der Waals surface area contributed by atoms with Gasteiger partial charge in [-0.05, 0) is 76.2 Å². The lowest BCUT2D eigenvalue weighted by Gasteiger charge is -2.30. The van der Waals surface area contributed by atoms with Crippen LogP contribution in [0.4, 0.5) is 0 Å². The lowest BCUT2D eigenvalue weighted by Crippen LogP contribution is -2.27. The second-order valence-electron chi connectivity index (χ2n) is 11.8. The first-order chi connectivity index (χ1) is 15.3. The minimum atomic E-state index is -0.427. The number of nitrogens with zero attached hydrogens (tertiary/aromatic N) is 5. The third kappa shape index (κ3) is 4.42. The molecule has 0 radical (unpaired) electrons. The molecule has 1 atom stereocenters. The Bertz CT molecular complexity index is 1280. The molecule has 0 aliphatic heterocycles. The van der Waals surface area contributed by atoms with E-state index in [1.807, 2.05) is 18.9 Å². The van der Waals surface area contributed by atoms with Crippen LogP contribution in [-0.2, 0) is 16.5 Å². The van der Waals surface area contributed by atoms with E-state index in [-0.39, 0.29) is 16.5 Å². The van der Waals surface area contributed by atoms with E-state index in [0.29, 0.717) is 0 Å². The Morgan fingerprint density at radius 3 is 2.09 bits per heavy atom. The number of para-hydroxylation sites is 1. The number of benzene rings is 1. The maximum Gasteiger partial charge on any atom is 0.119 e. The standard InChI is InChI=1S/C27H39N5S/c1-25(2,3)19-11-10-12-20-22(19)29-18-32(20)27(7,8)14-16-33(9)24-23-21(13-15-28-24)31(17-30-23)26(4,5)6/h10-13,15,17-18,33H,14,16H2,1-9H3. The second kappa shape index (κ2) is 8.15. The van der Waals surface area contributed by atoms with Gasteiger partial charge in [0.1, 0.15) is 10.5 Å². The van der Waals surface area contributed by atoms with Crippen molar-refractivity contribution >= 4 is 33.0 Å². The molecule has 1 unspecified atom stereocenters. The van der Waals surface area contributed by atoms with Crippen molar-refractivity contribution in [1.29, 1.82) is 0 Å². The molecule has 178 valence electrons. The lowest BCUT2D eigenvalue weighted by molar-refractivity contribution is 0.354. The molecule has 0 aliphatic carbocycles. The molecule has 0 saturated carbocycles. The summed E-state index contributed by atoms with van der Waals surface area (Å²) < 4.78 is 4.62. The van der Waals surface area contributed by atoms with Gasteiger partial charge in [-0.15, -0.1) is 0 Å². The van der Waals surface area contributed by atoms with E-state index in [2.05, 4.69) is 95.0 Å². The Balaban J connectivity index is 1.60. The van der Waals surface area contributed by atoms with E-state index in [0.717, 1.165) is 28.2 Å². The van der Waals surface area contributed by atoms with Gasteiger partial charge in [0.05, 0.1) is 29.2 Å². The monoisotopic (exact) mass is 465 g/mol. The van der Waals surface area contributed by atoms with Crippen molar-refractivity contribution in [3.05, 3.63) is 48.7 Å². The van der Waals surface area contributed by atoms with Crippen molar-refractivity contribution in [3.63, 3.8) is 0 Å². The highest BCUT2D eigenvalue weighted by Gasteiger charge is 2.26. The van der Waals surface area contributed by atoms with Crippen LogP contribution in [0, 0.1) is 0 Å². The summed E-state index contributed by atoms with van der Waals surface area (Å²) in [5, 5.41) is 1.16. The van der Waals surface area contributed by atoms with E-state index in [1.165, 1.54) is 16.6 Å². The number of hydrogen-bond acceptors (Lipinski definition) is 3. The average molecular weight is 466 g/mol. The van der Waals surface area contributed by atoms with Gasteiger partial charge in [-0.2, -0.15) is 0 Å².